The maximum atomic E-state index is 11.0. The summed E-state index contributed by atoms with van der Waals surface area (Å²) in [5.74, 6) is 1.52. The molecule has 0 spiro atoms. The molecule has 0 unspecified atom stereocenters. The molecule has 1 N–H and O–H groups in total. The van der Waals surface area contributed by atoms with Gasteiger partial charge in [-0.1, -0.05) is 18.1 Å². The Morgan fingerprint density at radius 2 is 2.06 bits per heavy atom. The smallest absolute Gasteiger partial charge is 0.339 e. The number of aryl methyl sites for hydroxylation is 1. The molecule has 0 aliphatic rings. The van der Waals surface area contributed by atoms with Crippen LogP contribution in [-0.4, -0.2) is 20.9 Å². The van der Waals surface area contributed by atoms with Crippen LogP contribution in [0.4, 0.5) is 0 Å². The third-order valence-corrected chi connectivity index (χ3v) is 2.49. The summed E-state index contributed by atoms with van der Waals surface area (Å²) in [6.45, 7) is 0. The number of carbonyl (C=O) groups is 1. The summed E-state index contributed by atoms with van der Waals surface area (Å²) in [4.78, 5) is 11.0. The van der Waals surface area contributed by atoms with Crippen molar-refractivity contribution in [1.29, 1.82) is 0 Å². The second-order valence-corrected chi connectivity index (χ2v) is 3.56. The minimum atomic E-state index is -0.992. The molecule has 0 saturated carbocycles. The average molecular weight is 226 g/mol. The Morgan fingerprint density at radius 1 is 1.41 bits per heavy atom. The monoisotopic (exact) mass is 226 g/mol. The SMILES string of the molecule is C#Cc1ccc(-c2c(C(=O)O)cnn2C)cc1. The Kier molecular flexibility index (Phi) is 2.67. The first kappa shape index (κ1) is 11.0. The number of terminal acetylenes is 1. The fourth-order valence-corrected chi connectivity index (χ4v) is 1.66. The van der Waals surface area contributed by atoms with E-state index in [0.717, 1.165) is 11.1 Å². The van der Waals surface area contributed by atoms with Gasteiger partial charge in [-0.25, -0.2) is 4.79 Å². The first-order valence-corrected chi connectivity index (χ1v) is 4.96. The third-order valence-electron chi connectivity index (χ3n) is 2.49. The van der Waals surface area contributed by atoms with E-state index < -0.39 is 5.97 Å². The van der Waals surface area contributed by atoms with Crippen molar-refractivity contribution in [3.05, 3.63) is 41.6 Å². The van der Waals surface area contributed by atoms with Crippen LogP contribution in [0.1, 0.15) is 15.9 Å². The molecule has 2 rings (SSSR count). The van der Waals surface area contributed by atoms with Gasteiger partial charge >= 0.3 is 5.97 Å². The molecule has 0 radical (unpaired) electrons. The highest BCUT2D eigenvalue weighted by Gasteiger charge is 2.16. The van der Waals surface area contributed by atoms with Crippen LogP contribution in [0, 0.1) is 12.3 Å². The normalized spacial score (nSPS) is 9.88. The van der Waals surface area contributed by atoms with Gasteiger partial charge in [0.1, 0.15) is 5.56 Å². The summed E-state index contributed by atoms with van der Waals surface area (Å²) in [5.41, 5.74) is 2.29. The van der Waals surface area contributed by atoms with E-state index >= 15 is 0 Å². The fraction of sp³-hybridized carbons (Fsp3) is 0.0769. The van der Waals surface area contributed by atoms with Gasteiger partial charge in [0.15, 0.2) is 0 Å². The minimum absolute atomic E-state index is 0.181. The Hall–Kier alpha value is -2.54. The molecule has 4 heteroatoms. The highest BCUT2D eigenvalue weighted by molar-refractivity contribution is 5.94. The second kappa shape index (κ2) is 4.14. The van der Waals surface area contributed by atoms with Crippen molar-refractivity contribution in [2.75, 3.05) is 0 Å². The van der Waals surface area contributed by atoms with Crippen molar-refractivity contribution >= 4 is 5.97 Å². The summed E-state index contributed by atoms with van der Waals surface area (Å²) < 4.78 is 1.54. The number of carboxylic acids is 1. The third kappa shape index (κ3) is 1.91. The Balaban J connectivity index is 2.56. The number of hydrogen-bond acceptors (Lipinski definition) is 2. The molecule has 4 nitrogen and oxygen atoms in total. The Labute approximate surface area is 98.5 Å². The number of nitrogens with zero attached hydrogens (tertiary/aromatic N) is 2. The molecule has 0 aliphatic heterocycles. The van der Waals surface area contributed by atoms with E-state index in [1.54, 1.807) is 31.3 Å². The van der Waals surface area contributed by atoms with Crippen LogP contribution in [0.2, 0.25) is 0 Å². The zero-order valence-electron chi connectivity index (χ0n) is 9.21. The van der Waals surface area contributed by atoms with Crippen LogP contribution < -0.4 is 0 Å². The summed E-state index contributed by atoms with van der Waals surface area (Å²) in [5, 5.41) is 13.0. The lowest BCUT2D eigenvalue weighted by Gasteiger charge is -2.04. The van der Waals surface area contributed by atoms with E-state index in [2.05, 4.69) is 11.0 Å². The molecule has 0 saturated heterocycles. The van der Waals surface area contributed by atoms with Crippen molar-refractivity contribution in [3.8, 4) is 23.6 Å². The quantitative estimate of drug-likeness (QED) is 0.794. The molecule has 1 heterocycles. The first-order valence-electron chi connectivity index (χ1n) is 4.96. The minimum Gasteiger partial charge on any atom is -0.478 e. The van der Waals surface area contributed by atoms with Crippen LogP contribution >= 0.6 is 0 Å². The van der Waals surface area contributed by atoms with E-state index in [9.17, 15) is 4.79 Å². The predicted octanol–water partition coefficient (Wildman–Crippen LogP) is 1.77. The van der Waals surface area contributed by atoms with E-state index in [4.69, 9.17) is 11.5 Å². The van der Waals surface area contributed by atoms with Gasteiger partial charge in [0.2, 0.25) is 0 Å². The van der Waals surface area contributed by atoms with Gasteiger partial charge in [-0.3, -0.25) is 4.68 Å². The molecule has 1 aromatic carbocycles. The molecular formula is C13H10N2O2. The van der Waals surface area contributed by atoms with Gasteiger partial charge in [0.25, 0.3) is 0 Å². The number of aromatic nitrogens is 2. The van der Waals surface area contributed by atoms with E-state index in [1.807, 2.05) is 0 Å². The summed E-state index contributed by atoms with van der Waals surface area (Å²) in [6.07, 6.45) is 6.60. The molecule has 84 valence electrons. The van der Waals surface area contributed by atoms with Crippen molar-refractivity contribution < 1.29 is 9.90 Å². The van der Waals surface area contributed by atoms with Crippen LogP contribution in [0.15, 0.2) is 30.5 Å². The lowest BCUT2D eigenvalue weighted by Crippen LogP contribution is -2.00. The van der Waals surface area contributed by atoms with E-state index in [0.29, 0.717) is 5.69 Å². The average Bonchev–Trinajstić information content (AvgIpc) is 2.71. The highest BCUT2D eigenvalue weighted by atomic mass is 16.4. The maximum absolute atomic E-state index is 11.0. The van der Waals surface area contributed by atoms with Crippen LogP contribution in [0.5, 0.6) is 0 Å². The zero-order valence-corrected chi connectivity index (χ0v) is 9.21. The number of benzene rings is 1. The molecule has 0 bridgehead atoms. The molecular weight excluding hydrogens is 216 g/mol. The van der Waals surface area contributed by atoms with Gasteiger partial charge in [-0.2, -0.15) is 5.10 Å². The van der Waals surface area contributed by atoms with Gasteiger partial charge in [0, 0.05) is 18.2 Å². The number of rotatable bonds is 2. The topological polar surface area (TPSA) is 55.1 Å². The molecule has 0 aliphatic carbocycles. The fourth-order valence-electron chi connectivity index (χ4n) is 1.66. The Morgan fingerprint density at radius 3 is 2.59 bits per heavy atom. The molecule has 17 heavy (non-hydrogen) atoms. The van der Waals surface area contributed by atoms with E-state index in [-0.39, 0.29) is 5.56 Å². The lowest BCUT2D eigenvalue weighted by atomic mass is 10.1. The summed E-state index contributed by atoms with van der Waals surface area (Å²) in [7, 11) is 1.71. The highest BCUT2D eigenvalue weighted by Crippen LogP contribution is 2.23. The zero-order chi connectivity index (χ0) is 12.4. The van der Waals surface area contributed by atoms with Crippen molar-refractivity contribution in [2.45, 2.75) is 0 Å². The van der Waals surface area contributed by atoms with Gasteiger partial charge in [-0.15, -0.1) is 6.42 Å². The van der Waals surface area contributed by atoms with Crippen LogP contribution in [0.3, 0.4) is 0 Å². The standard InChI is InChI=1S/C13H10N2O2/c1-3-9-4-6-10(7-5-9)12-11(13(16)17)8-14-15(12)2/h1,4-8H,2H3,(H,16,17). The second-order valence-electron chi connectivity index (χ2n) is 3.56. The molecule has 1 aromatic heterocycles. The Bertz CT molecular complexity index is 603. The van der Waals surface area contributed by atoms with Crippen LogP contribution in [0.25, 0.3) is 11.3 Å². The largest absolute Gasteiger partial charge is 0.478 e. The van der Waals surface area contributed by atoms with Gasteiger partial charge in [0.05, 0.1) is 11.9 Å². The number of hydrogen-bond donors (Lipinski definition) is 1. The van der Waals surface area contributed by atoms with Crippen molar-refractivity contribution in [2.24, 2.45) is 7.05 Å². The first-order chi connectivity index (χ1) is 8.13. The van der Waals surface area contributed by atoms with Gasteiger partial charge < -0.3 is 5.11 Å². The lowest BCUT2D eigenvalue weighted by molar-refractivity contribution is 0.0697. The summed E-state index contributed by atoms with van der Waals surface area (Å²) >= 11 is 0. The maximum Gasteiger partial charge on any atom is 0.339 e. The molecule has 0 amide bonds. The number of aromatic carboxylic acids is 1. The molecule has 0 fully saturated rings. The van der Waals surface area contributed by atoms with Crippen molar-refractivity contribution in [3.63, 3.8) is 0 Å². The summed E-state index contributed by atoms with van der Waals surface area (Å²) in [6, 6.07) is 7.12. The predicted molar refractivity (Wildman–Crippen MR) is 63.5 cm³/mol. The van der Waals surface area contributed by atoms with E-state index in [1.165, 1.54) is 10.9 Å². The number of carboxylic acid groups (broad SMARTS) is 1. The van der Waals surface area contributed by atoms with Crippen LogP contribution in [-0.2, 0) is 7.05 Å². The van der Waals surface area contributed by atoms with Crippen molar-refractivity contribution in [1.82, 2.24) is 9.78 Å². The molecule has 2 aromatic rings. The molecule has 0 atom stereocenters. The van der Waals surface area contributed by atoms with Gasteiger partial charge in [-0.05, 0) is 12.1 Å².